The number of hydrogen-bond donors (Lipinski definition) is 1. The molecule has 2 aliphatic rings. The molecule has 2 aliphatic heterocycles. The van der Waals surface area contributed by atoms with Crippen molar-refractivity contribution in [3.05, 3.63) is 70.4 Å². The molecule has 0 saturated carbocycles. The number of carbonyl (C=O) groups is 2. The first-order valence-electron chi connectivity index (χ1n) is 10.5. The zero-order chi connectivity index (χ0) is 23.3. The summed E-state index contributed by atoms with van der Waals surface area (Å²) in [6, 6.07) is 14.4. The lowest BCUT2D eigenvalue weighted by molar-refractivity contribution is -0.122. The largest absolute Gasteiger partial charge is 0.312 e. The molecule has 0 radical (unpaired) electrons. The Morgan fingerprint density at radius 3 is 2.42 bits per heavy atom. The van der Waals surface area contributed by atoms with E-state index >= 15 is 0 Å². The lowest BCUT2D eigenvalue weighted by Crippen LogP contribution is -2.29. The van der Waals surface area contributed by atoms with Gasteiger partial charge in [-0.3, -0.25) is 9.59 Å². The third-order valence-corrected chi connectivity index (χ3v) is 7.64. The van der Waals surface area contributed by atoms with Gasteiger partial charge in [-0.05, 0) is 43.3 Å². The van der Waals surface area contributed by atoms with Gasteiger partial charge in [-0.15, -0.1) is 0 Å². The van der Waals surface area contributed by atoms with Crippen LogP contribution < -0.4 is 10.2 Å². The molecule has 170 valence electrons. The van der Waals surface area contributed by atoms with E-state index in [4.69, 9.17) is 11.6 Å². The fraction of sp³-hybridized carbons (Fsp3) is 0.261. The number of aryl methyl sites for hydroxylation is 1. The van der Waals surface area contributed by atoms with E-state index in [-0.39, 0.29) is 36.3 Å². The Kier molecular flexibility index (Phi) is 5.25. The first-order chi connectivity index (χ1) is 15.7. The molecule has 33 heavy (non-hydrogen) atoms. The number of carbonyl (C=O) groups excluding carboxylic acids is 2. The van der Waals surface area contributed by atoms with Gasteiger partial charge in [-0.1, -0.05) is 29.3 Å². The van der Waals surface area contributed by atoms with Crippen molar-refractivity contribution in [1.29, 1.82) is 0 Å². The van der Waals surface area contributed by atoms with Crippen LogP contribution in [0.5, 0.6) is 0 Å². The summed E-state index contributed by atoms with van der Waals surface area (Å²) in [5.74, 6) is -1.08. The maximum Gasteiger partial charge on any atom is 0.230 e. The molecule has 1 fully saturated rings. The zero-order valence-corrected chi connectivity index (χ0v) is 19.4. The van der Waals surface area contributed by atoms with Gasteiger partial charge in [-0.25, -0.2) is 13.1 Å². The molecular formula is C23H21ClN4O4S. The van der Waals surface area contributed by atoms with Crippen LogP contribution >= 0.6 is 11.6 Å². The van der Waals surface area contributed by atoms with Gasteiger partial charge in [-0.2, -0.15) is 5.10 Å². The van der Waals surface area contributed by atoms with Crippen LogP contribution in [-0.4, -0.2) is 36.6 Å². The average Bonchev–Trinajstić information content (AvgIpc) is 3.40. The molecule has 1 aromatic heterocycles. The van der Waals surface area contributed by atoms with Crippen molar-refractivity contribution in [3.63, 3.8) is 0 Å². The van der Waals surface area contributed by atoms with E-state index in [0.717, 1.165) is 11.3 Å². The summed E-state index contributed by atoms with van der Waals surface area (Å²) >= 11 is 5.99. The normalized spacial score (nSPS) is 19.0. The van der Waals surface area contributed by atoms with Gasteiger partial charge in [0.05, 0.1) is 28.8 Å². The fourth-order valence-corrected chi connectivity index (χ4v) is 5.84. The highest BCUT2D eigenvalue weighted by Gasteiger charge is 2.38. The summed E-state index contributed by atoms with van der Waals surface area (Å²) in [6.07, 6.45) is 0.0787. The molecule has 2 amide bonds. The molecule has 0 bridgehead atoms. The smallest absolute Gasteiger partial charge is 0.230 e. The minimum absolute atomic E-state index is 0.0787. The number of aromatic nitrogens is 2. The summed E-state index contributed by atoms with van der Waals surface area (Å²) in [4.78, 5) is 27.4. The predicted octanol–water partition coefficient (Wildman–Crippen LogP) is 3.25. The van der Waals surface area contributed by atoms with Gasteiger partial charge in [0.1, 0.15) is 5.82 Å². The first kappa shape index (κ1) is 21.7. The third kappa shape index (κ3) is 4.14. The lowest BCUT2D eigenvalue weighted by Gasteiger charge is -2.17. The molecule has 8 nitrogen and oxygen atoms in total. The quantitative estimate of drug-likeness (QED) is 0.612. The van der Waals surface area contributed by atoms with E-state index in [1.807, 2.05) is 31.2 Å². The number of anilines is 2. The van der Waals surface area contributed by atoms with Crippen molar-refractivity contribution in [2.75, 3.05) is 16.8 Å². The van der Waals surface area contributed by atoms with E-state index < -0.39 is 15.8 Å². The van der Waals surface area contributed by atoms with Crippen molar-refractivity contribution in [3.8, 4) is 5.69 Å². The fourth-order valence-electron chi connectivity index (χ4n) is 4.22. The van der Waals surface area contributed by atoms with Gasteiger partial charge < -0.3 is 10.2 Å². The summed E-state index contributed by atoms with van der Waals surface area (Å²) in [5.41, 5.74) is 3.38. The highest BCUT2D eigenvalue weighted by molar-refractivity contribution is 7.90. The predicted molar refractivity (Wildman–Crippen MR) is 125 cm³/mol. The van der Waals surface area contributed by atoms with Gasteiger partial charge in [0.2, 0.25) is 11.8 Å². The second-order valence-electron chi connectivity index (χ2n) is 8.42. The monoisotopic (exact) mass is 484 g/mol. The lowest BCUT2D eigenvalue weighted by atomic mass is 10.1. The van der Waals surface area contributed by atoms with Crippen molar-refractivity contribution in [2.24, 2.45) is 5.92 Å². The Morgan fingerprint density at radius 1 is 1.06 bits per heavy atom. The number of amides is 2. The molecule has 3 heterocycles. The third-order valence-electron chi connectivity index (χ3n) is 5.94. The minimum Gasteiger partial charge on any atom is -0.312 e. The average molecular weight is 485 g/mol. The van der Waals surface area contributed by atoms with Crippen molar-refractivity contribution < 1.29 is 18.0 Å². The number of halogens is 1. The standard InChI is InChI=1S/C23H21ClN4O4S/c1-14-2-6-17(7-3-14)27-11-15(10-21(27)29)23(30)25-22-19-12-33(31,32)13-20(19)26-28(22)18-8-4-16(24)5-9-18/h2-9,15H,10-13H2,1H3,(H,25,30). The van der Waals surface area contributed by atoms with E-state index in [1.165, 1.54) is 4.68 Å². The summed E-state index contributed by atoms with van der Waals surface area (Å²) in [6.45, 7) is 2.22. The Balaban J connectivity index is 1.43. The topological polar surface area (TPSA) is 101 Å². The Labute approximate surface area is 196 Å². The summed E-state index contributed by atoms with van der Waals surface area (Å²) in [7, 11) is -3.31. The molecule has 5 rings (SSSR count). The number of nitrogens with zero attached hydrogens (tertiary/aromatic N) is 3. The molecular weight excluding hydrogens is 464 g/mol. The number of nitrogens with one attached hydrogen (secondary N) is 1. The molecule has 1 saturated heterocycles. The first-order valence-corrected chi connectivity index (χ1v) is 12.7. The van der Waals surface area contributed by atoms with E-state index in [2.05, 4.69) is 10.4 Å². The molecule has 1 atom stereocenters. The molecule has 2 aromatic carbocycles. The van der Waals surface area contributed by atoms with Crippen LogP contribution in [0, 0.1) is 12.8 Å². The summed E-state index contributed by atoms with van der Waals surface area (Å²) in [5, 5.41) is 7.87. The van der Waals surface area contributed by atoms with Gasteiger partial charge >= 0.3 is 0 Å². The second kappa shape index (κ2) is 8.00. The Hall–Kier alpha value is -3.17. The van der Waals surface area contributed by atoms with Crippen LogP contribution in [0.4, 0.5) is 11.5 Å². The number of fused-ring (bicyclic) bond motifs is 1. The molecule has 0 aliphatic carbocycles. The molecule has 3 aromatic rings. The molecule has 0 spiro atoms. The van der Waals surface area contributed by atoms with Crippen LogP contribution in [0.3, 0.4) is 0 Å². The van der Waals surface area contributed by atoms with Crippen LogP contribution in [-0.2, 0) is 30.9 Å². The van der Waals surface area contributed by atoms with Crippen LogP contribution in [0.2, 0.25) is 5.02 Å². The van der Waals surface area contributed by atoms with Crippen LogP contribution in [0.15, 0.2) is 48.5 Å². The highest BCUT2D eigenvalue weighted by atomic mass is 35.5. The maximum absolute atomic E-state index is 13.2. The van der Waals surface area contributed by atoms with E-state index in [1.54, 1.807) is 29.2 Å². The van der Waals surface area contributed by atoms with Crippen molar-refractivity contribution in [2.45, 2.75) is 24.9 Å². The van der Waals surface area contributed by atoms with Gasteiger partial charge in [0, 0.05) is 29.2 Å². The number of sulfone groups is 1. The molecule has 1 unspecified atom stereocenters. The number of hydrogen-bond acceptors (Lipinski definition) is 5. The van der Waals surface area contributed by atoms with Gasteiger partial charge in [0.25, 0.3) is 0 Å². The zero-order valence-electron chi connectivity index (χ0n) is 17.8. The van der Waals surface area contributed by atoms with Crippen LogP contribution in [0.25, 0.3) is 5.69 Å². The Bertz CT molecular complexity index is 1360. The van der Waals surface area contributed by atoms with Gasteiger partial charge in [0.15, 0.2) is 9.84 Å². The SMILES string of the molecule is Cc1ccc(N2CC(C(=O)Nc3c4c(nn3-c3ccc(Cl)cc3)CS(=O)(=O)C4)CC2=O)cc1. The highest BCUT2D eigenvalue weighted by Crippen LogP contribution is 2.34. The Morgan fingerprint density at radius 2 is 1.73 bits per heavy atom. The minimum atomic E-state index is -3.31. The molecule has 10 heteroatoms. The van der Waals surface area contributed by atoms with E-state index in [9.17, 15) is 18.0 Å². The van der Waals surface area contributed by atoms with Crippen LogP contribution in [0.1, 0.15) is 23.2 Å². The van der Waals surface area contributed by atoms with Crippen molar-refractivity contribution >= 4 is 44.8 Å². The second-order valence-corrected chi connectivity index (χ2v) is 10.9. The molecule has 1 N–H and O–H groups in total. The van der Waals surface area contributed by atoms with E-state index in [0.29, 0.717) is 27.8 Å². The maximum atomic E-state index is 13.2. The number of benzene rings is 2. The van der Waals surface area contributed by atoms with Crippen molar-refractivity contribution in [1.82, 2.24) is 9.78 Å². The summed E-state index contributed by atoms with van der Waals surface area (Å²) < 4.78 is 25.9. The number of rotatable bonds is 4.